The molecule has 1 aliphatic rings. The number of nitrogens with zero attached hydrogens (tertiary/aromatic N) is 2. The maximum absolute atomic E-state index is 13.3. The molecule has 1 saturated heterocycles. The number of benzene rings is 2. The fraction of sp³-hybridized carbons (Fsp3) is 0.125. The standard InChI is InChI=1S/C24H16Cl2N2O4S2/c1-11-8-18-15(10-13(11)25)27-24(34-18)28-20(17-4-3-7-33-17)19(22(30)23(28)31)21(29)12-5-6-16(32-2)14(26)9-12/h3-10,20,29H,1-2H3/b21-19+. The highest BCUT2D eigenvalue weighted by Crippen LogP contribution is 2.46. The fourth-order valence-electron chi connectivity index (χ4n) is 3.86. The molecule has 0 radical (unpaired) electrons. The summed E-state index contributed by atoms with van der Waals surface area (Å²) in [7, 11) is 1.48. The van der Waals surface area contributed by atoms with Gasteiger partial charge in [0.05, 0.1) is 27.9 Å². The predicted molar refractivity (Wildman–Crippen MR) is 136 cm³/mol. The van der Waals surface area contributed by atoms with E-state index in [2.05, 4.69) is 4.98 Å². The summed E-state index contributed by atoms with van der Waals surface area (Å²) in [5.41, 5.74) is 1.79. The van der Waals surface area contributed by atoms with E-state index in [0.717, 1.165) is 10.3 Å². The van der Waals surface area contributed by atoms with Crippen molar-refractivity contribution in [2.75, 3.05) is 12.0 Å². The highest BCUT2D eigenvalue weighted by Gasteiger charge is 2.48. The minimum atomic E-state index is -0.835. The first-order chi connectivity index (χ1) is 16.3. The van der Waals surface area contributed by atoms with Crippen LogP contribution in [0.25, 0.3) is 16.0 Å². The smallest absolute Gasteiger partial charge is 0.301 e. The van der Waals surface area contributed by atoms with Crippen molar-refractivity contribution in [2.45, 2.75) is 13.0 Å². The molecule has 6 nitrogen and oxygen atoms in total. The lowest BCUT2D eigenvalue weighted by molar-refractivity contribution is -0.132. The van der Waals surface area contributed by atoms with Crippen LogP contribution in [-0.2, 0) is 9.59 Å². The lowest BCUT2D eigenvalue weighted by Crippen LogP contribution is -2.28. The van der Waals surface area contributed by atoms with E-state index in [1.165, 1.54) is 40.7 Å². The van der Waals surface area contributed by atoms with Crippen molar-refractivity contribution in [1.29, 1.82) is 0 Å². The number of ketones is 1. The summed E-state index contributed by atoms with van der Waals surface area (Å²) < 4.78 is 6.01. The lowest BCUT2D eigenvalue weighted by atomic mass is 10.00. The Balaban J connectivity index is 1.70. The Morgan fingerprint density at radius 1 is 1.15 bits per heavy atom. The molecule has 10 heteroatoms. The minimum Gasteiger partial charge on any atom is -0.507 e. The Morgan fingerprint density at radius 2 is 1.94 bits per heavy atom. The SMILES string of the molecule is COc1ccc(/C(O)=C2\C(=O)C(=O)N(c3nc4cc(Cl)c(C)cc4s3)C2c2cccs2)cc1Cl. The lowest BCUT2D eigenvalue weighted by Gasteiger charge is -2.21. The molecule has 1 aliphatic heterocycles. The molecule has 5 rings (SSSR count). The molecule has 1 amide bonds. The van der Waals surface area contributed by atoms with Crippen molar-refractivity contribution in [3.8, 4) is 5.75 Å². The van der Waals surface area contributed by atoms with Crippen LogP contribution in [0.3, 0.4) is 0 Å². The molecular weight excluding hydrogens is 515 g/mol. The zero-order valence-corrected chi connectivity index (χ0v) is 21.0. The van der Waals surface area contributed by atoms with Gasteiger partial charge in [0.15, 0.2) is 5.13 Å². The summed E-state index contributed by atoms with van der Waals surface area (Å²) in [5, 5.41) is 14.2. The van der Waals surface area contributed by atoms with Crippen LogP contribution in [0.5, 0.6) is 5.75 Å². The van der Waals surface area contributed by atoms with Gasteiger partial charge in [-0.15, -0.1) is 11.3 Å². The molecule has 1 unspecified atom stereocenters. The first-order valence-electron chi connectivity index (χ1n) is 10.0. The van der Waals surface area contributed by atoms with Crippen LogP contribution >= 0.6 is 45.9 Å². The summed E-state index contributed by atoms with van der Waals surface area (Å²) in [4.78, 5) is 33.2. The number of amides is 1. The number of aliphatic hydroxyl groups excluding tert-OH is 1. The average Bonchev–Trinajstić information content (AvgIpc) is 3.53. The molecule has 3 heterocycles. The van der Waals surface area contributed by atoms with Gasteiger partial charge in [0.2, 0.25) is 0 Å². The fourth-order valence-corrected chi connectivity index (χ4v) is 6.17. The Hall–Kier alpha value is -2.91. The number of methoxy groups -OCH3 is 1. The normalized spacial score (nSPS) is 17.6. The maximum Gasteiger partial charge on any atom is 0.301 e. The van der Waals surface area contributed by atoms with Crippen LogP contribution in [-0.4, -0.2) is 28.9 Å². The number of hydrogen-bond acceptors (Lipinski definition) is 7. The number of ether oxygens (including phenoxy) is 1. The van der Waals surface area contributed by atoms with Gasteiger partial charge in [0.1, 0.15) is 17.6 Å². The molecule has 1 fully saturated rings. The van der Waals surface area contributed by atoms with Gasteiger partial charge in [-0.2, -0.15) is 0 Å². The van der Waals surface area contributed by atoms with Gasteiger partial charge in [-0.3, -0.25) is 14.5 Å². The van der Waals surface area contributed by atoms with E-state index in [0.29, 0.717) is 31.9 Å². The zero-order valence-electron chi connectivity index (χ0n) is 17.8. The number of thiazole rings is 1. The van der Waals surface area contributed by atoms with Crippen LogP contribution < -0.4 is 9.64 Å². The van der Waals surface area contributed by atoms with Gasteiger partial charge in [0.25, 0.3) is 5.78 Å². The quantitative estimate of drug-likeness (QED) is 0.182. The number of thiophene rings is 1. The van der Waals surface area contributed by atoms with Crippen LogP contribution in [0, 0.1) is 6.92 Å². The highest BCUT2D eigenvalue weighted by molar-refractivity contribution is 7.22. The second-order valence-electron chi connectivity index (χ2n) is 7.60. The molecule has 34 heavy (non-hydrogen) atoms. The molecule has 4 aromatic rings. The van der Waals surface area contributed by atoms with Gasteiger partial charge < -0.3 is 9.84 Å². The molecule has 2 aromatic carbocycles. The van der Waals surface area contributed by atoms with E-state index < -0.39 is 17.7 Å². The van der Waals surface area contributed by atoms with E-state index in [4.69, 9.17) is 27.9 Å². The Labute approximate surface area is 212 Å². The van der Waals surface area contributed by atoms with Crippen molar-refractivity contribution >= 4 is 78.7 Å². The van der Waals surface area contributed by atoms with Crippen LogP contribution in [0.4, 0.5) is 5.13 Å². The van der Waals surface area contributed by atoms with Crippen molar-refractivity contribution in [2.24, 2.45) is 0 Å². The number of rotatable bonds is 4. The number of aryl methyl sites for hydroxylation is 1. The number of aliphatic hydroxyl groups is 1. The van der Waals surface area contributed by atoms with E-state index in [9.17, 15) is 14.7 Å². The molecule has 0 saturated carbocycles. The average molecular weight is 531 g/mol. The first-order valence-corrected chi connectivity index (χ1v) is 12.5. The number of fused-ring (bicyclic) bond motifs is 1. The predicted octanol–water partition coefficient (Wildman–Crippen LogP) is 6.61. The molecule has 2 aromatic heterocycles. The van der Waals surface area contributed by atoms with Crippen molar-refractivity contribution in [3.63, 3.8) is 0 Å². The largest absolute Gasteiger partial charge is 0.507 e. The summed E-state index contributed by atoms with van der Waals surface area (Å²) in [6.45, 7) is 1.89. The topological polar surface area (TPSA) is 79.7 Å². The number of aromatic nitrogens is 1. The summed E-state index contributed by atoms with van der Waals surface area (Å²) >= 11 is 15.2. The number of Topliss-reactive ketones (excluding diaryl/α,β-unsaturated/α-hetero) is 1. The van der Waals surface area contributed by atoms with Gasteiger partial charge in [-0.1, -0.05) is 40.6 Å². The Kier molecular flexibility index (Phi) is 5.85. The third-order valence-corrected chi connectivity index (χ3v) is 8.19. The molecule has 172 valence electrons. The van der Waals surface area contributed by atoms with Crippen LogP contribution in [0.1, 0.15) is 22.0 Å². The van der Waals surface area contributed by atoms with Crippen LogP contribution in [0.2, 0.25) is 10.0 Å². The van der Waals surface area contributed by atoms with Gasteiger partial charge in [-0.25, -0.2) is 4.98 Å². The van der Waals surface area contributed by atoms with E-state index in [-0.39, 0.29) is 16.4 Å². The van der Waals surface area contributed by atoms with Crippen LogP contribution in [0.15, 0.2) is 53.4 Å². The van der Waals surface area contributed by atoms with Gasteiger partial charge >= 0.3 is 5.91 Å². The van der Waals surface area contributed by atoms with E-state index in [1.54, 1.807) is 18.2 Å². The first kappa shape index (κ1) is 22.9. The van der Waals surface area contributed by atoms with E-state index >= 15 is 0 Å². The summed E-state index contributed by atoms with van der Waals surface area (Å²) in [5.74, 6) is -1.45. The monoisotopic (exact) mass is 530 g/mol. The highest BCUT2D eigenvalue weighted by atomic mass is 35.5. The Morgan fingerprint density at radius 3 is 2.62 bits per heavy atom. The molecule has 0 spiro atoms. The number of hydrogen-bond donors (Lipinski definition) is 1. The molecule has 0 aliphatic carbocycles. The minimum absolute atomic E-state index is 0.0258. The summed E-state index contributed by atoms with van der Waals surface area (Å²) in [6, 6.07) is 11.1. The van der Waals surface area contributed by atoms with Crippen molar-refractivity contribution < 1.29 is 19.4 Å². The van der Waals surface area contributed by atoms with Gasteiger partial charge in [0, 0.05) is 15.5 Å². The van der Waals surface area contributed by atoms with E-state index in [1.807, 2.05) is 30.5 Å². The third kappa shape index (κ3) is 3.67. The van der Waals surface area contributed by atoms with Crippen molar-refractivity contribution in [1.82, 2.24) is 4.98 Å². The zero-order chi connectivity index (χ0) is 24.1. The number of anilines is 1. The molecule has 0 bridgehead atoms. The molecule has 1 atom stereocenters. The third-order valence-electron chi connectivity index (χ3n) is 5.55. The Bertz CT molecular complexity index is 1460. The van der Waals surface area contributed by atoms with Crippen molar-refractivity contribution in [3.05, 3.63) is 79.5 Å². The molecular formula is C24H16Cl2N2O4S2. The summed E-state index contributed by atoms with van der Waals surface area (Å²) in [6.07, 6.45) is 0. The maximum atomic E-state index is 13.3. The second kappa shape index (κ2) is 8.70. The van der Waals surface area contributed by atoms with Gasteiger partial charge in [-0.05, 0) is 54.3 Å². The number of halogens is 2. The number of carbonyl (C=O) groups excluding carboxylic acids is 2. The molecule has 1 N–H and O–H groups in total. The second-order valence-corrected chi connectivity index (χ2v) is 10.4. The number of carbonyl (C=O) groups is 2.